The number of hydrogen-bond acceptors (Lipinski definition) is 2. The fourth-order valence-electron chi connectivity index (χ4n) is 4.79. The average molecular weight is 386 g/mol. The Bertz CT molecular complexity index is 815. The number of hydrogen-bond donors (Lipinski definition) is 1. The van der Waals surface area contributed by atoms with E-state index in [4.69, 9.17) is 16.7 Å². The van der Waals surface area contributed by atoms with Crippen molar-refractivity contribution in [1.29, 1.82) is 0 Å². The van der Waals surface area contributed by atoms with Crippen molar-refractivity contribution in [1.82, 2.24) is 4.90 Å². The molecule has 1 aliphatic rings. The molecule has 1 N–H and O–H groups in total. The second-order valence-corrected chi connectivity index (χ2v) is 8.87. The van der Waals surface area contributed by atoms with Crippen molar-refractivity contribution in [2.45, 2.75) is 43.9 Å². The third-order valence-corrected chi connectivity index (χ3v) is 6.11. The molecule has 27 heavy (non-hydrogen) atoms. The van der Waals surface area contributed by atoms with Gasteiger partial charge in [-0.2, -0.15) is 0 Å². The zero-order chi connectivity index (χ0) is 19.7. The molecule has 1 unspecified atom stereocenters. The van der Waals surface area contributed by atoms with Crippen molar-refractivity contribution >= 4 is 17.6 Å². The number of carboxylic acid groups (broad SMARTS) is 1. The number of likely N-dealkylation sites (N-methyl/N-ethyl adjacent to an activating group) is 1. The molecular formula is C23H28ClNO2. The molecule has 0 aromatic heterocycles. The van der Waals surface area contributed by atoms with Crippen LogP contribution in [0.25, 0.3) is 0 Å². The first-order chi connectivity index (χ1) is 12.7. The molecule has 3 rings (SSSR count). The van der Waals surface area contributed by atoms with E-state index in [1.54, 1.807) is 0 Å². The van der Waals surface area contributed by atoms with Gasteiger partial charge in [0.2, 0.25) is 0 Å². The van der Waals surface area contributed by atoms with Crippen LogP contribution in [0.3, 0.4) is 0 Å². The molecule has 3 nitrogen and oxygen atoms in total. The van der Waals surface area contributed by atoms with Crippen LogP contribution in [0.15, 0.2) is 48.5 Å². The van der Waals surface area contributed by atoms with Crippen LogP contribution in [-0.4, -0.2) is 36.1 Å². The van der Waals surface area contributed by atoms with Crippen molar-refractivity contribution in [3.05, 3.63) is 70.2 Å². The van der Waals surface area contributed by atoms with Gasteiger partial charge in [0.05, 0.1) is 6.54 Å². The van der Waals surface area contributed by atoms with Gasteiger partial charge in [-0.15, -0.1) is 0 Å². The lowest BCUT2D eigenvalue weighted by atomic mass is 9.70. The van der Waals surface area contributed by atoms with Crippen molar-refractivity contribution in [2.75, 3.05) is 20.1 Å². The van der Waals surface area contributed by atoms with Gasteiger partial charge in [-0.25, -0.2) is 0 Å². The first kappa shape index (κ1) is 19.9. The molecular weight excluding hydrogens is 358 g/mol. The first-order valence-corrected chi connectivity index (χ1v) is 9.89. The van der Waals surface area contributed by atoms with Gasteiger partial charge in [-0.05, 0) is 67.1 Å². The van der Waals surface area contributed by atoms with Crippen LogP contribution in [0.5, 0.6) is 0 Å². The zero-order valence-corrected chi connectivity index (χ0v) is 17.1. The van der Waals surface area contributed by atoms with Crippen LogP contribution < -0.4 is 0 Å². The molecule has 0 radical (unpaired) electrons. The summed E-state index contributed by atoms with van der Waals surface area (Å²) in [5.41, 5.74) is 4.15. The highest BCUT2D eigenvalue weighted by Gasteiger charge is 2.47. The van der Waals surface area contributed by atoms with E-state index in [1.807, 2.05) is 24.1 Å². The number of carbonyl (C=O) groups is 1. The molecule has 1 aliphatic carbocycles. The Hall–Kier alpha value is -1.84. The highest BCUT2D eigenvalue weighted by molar-refractivity contribution is 6.30. The smallest absolute Gasteiger partial charge is 0.317 e. The van der Waals surface area contributed by atoms with Crippen molar-refractivity contribution in [3.8, 4) is 0 Å². The third kappa shape index (κ3) is 4.04. The van der Waals surface area contributed by atoms with Gasteiger partial charge in [-0.3, -0.25) is 9.69 Å². The van der Waals surface area contributed by atoms with E-state index in [-0.39, 0.29) is 17.4 Å². The molecule has 144 valence electrons. The standard InChI is InChI=1S/C23H28ClNO2/c1-22(2)16-23(17-9-11-18(24)12-10-17,20-8-5-4-7-19(20)22)13-6-14-25(3)15-21(26)27/h4-5,7-12H,6,13-16H2,1-3H3,(H,26,27). The minimum absolute atomic E-state index is 0.0608. The lowest BCUT2D eigenvalue weighted by molar-refractivity contribution is -0.137. The summed E-state index contributed by atoms with van der Waals surface area (Å²) in [5.74, 6) is -0.780. The molecule has 0 saturated carbocycles. The number of fused-ring (bicyclic) bond motifs is 1. The van der Waals surface area contributed by atoms with Gasteiger partial charge in [0, 0.05) is 10.4 Å². The fraction of sp³-hybridized carbons (Fsp3) is 0.435. The quantitative estimate of drug-likeness (QED) is 0.720. The largest absolute Gasteiger partial charge is 0.480 e. The van der Waals surface area contributed by atoms with E-state index in [0.29, 0.717) is 0 Å². The van der Waals surface area contributed by atoms with Crippen molar-refractivity contribution in [3.63, 3.8) is 0 Å². The van der Waals surface area contributed by atoms with Gasteiger partial charge in [0.1, 0.15) is 0 Å². The van der Waals surface area contributed by atoms with E-state index in [1.165, 1.54) is 16.7 Å². The van der Waals surface area contributed by atoms with Crippen LogP contribution in [0, 0.1) is 0 Å². The monoisotopic (exact) mass is 385 g/mol. The Balaban J connectivity index is 1.94. The topological polar surface area (TPSA) is 40.5 Å². The normalized spacial score (nSPS) is 20.6. The Morgan fingerprint density at radius 2 is 1.74 bits per heavy atom. The second kappa shape index (κ2) is 7.65. The fourth-order valence-corrected chi connectivity index (χ4v) is 4.92. The number of rotatable bonds is 7. The zero-order valence-electron chi connectivity index (χ0n) is 16.3. The minimum atomic E-state index is -0.780. The number of halogens is 1. The van der Waals surface area contributed by atoms with E-state index in [9.17, 15) is 4.79 Å². The number of benzene rings is 2. The molecule has 2 aromatic carbocycles. The number of carboxylic acids is 1. The second-order valence-electron chi connectivity index (χ2n) is 8.43. The number of aliphatic carboxylic acids is 1. The highest BCUT2D eigenvalue weighted by atomic mass is 35.5. The van der Waals surface area contributed by atoms with Gasteiger partial charge in [-0.1, -0.05) is 61.8 Å². The highest BCUT2D eigenvalue weighted by Crippen LogP contribution is 2.55. The predicted molar refractivity (Wildman–Crippen MR) is 111 cm³/mol. The van der Waals surface area contributed by atoms with E-state index in [0.717, 1.165) is 30.8 Å². The molecule has 0 saturated heterocycles. The predicted octanol–water partition coefficient (Wildman–Crippen LogP) is 5.10. The summed E-state index contributed by atoms with van der Waals surface area (Å²) in [6.45, 7) is 5.49. The molecule has 0 spiro atoms. The summed E-state index contributed by atoms with van der Waals surface area (Å²) in [6, 6.07) is 17.0. The summed E-state index contributed by atoms with van der Waals surface area (Å²) >= 11 is 6.15. The van der Waals surface area contributed by atoms with Crippen LogP contribution in [0.1, 0.15) is 49.8 Å². The Labute approximate surface area is 167 Å². The van der Waals surface area contributed by atoms with Gasteiger partial charge in [0.25, 0.3) is 0 Å². The molecule has 0 bridgehead atoms. The van der Waals surface area contributed by atoms with Crippen LogP contribution in [0.4, 0.5) is 0 Å². The number of nitrogens with zero attached hydrogens (tertiary/aromatic N) is 1. The molecule has 0 heterocycles. The molecule has 0 aliphatic heterocycles. The summed E-state index contributed by atoms with van der Waals surface area (Å²) in [5, 5.41) is 9.74. The summed E-state index contributed by atoms with van der Waals surface area (Å²) in [4.78, 5) is 12.8. The van der Waals surface area contributed by atoms with E-state index in [2.05, 4.69) is 50.2 Å². The molecule has 0 amide bonds. The lowest BCUT2D eigenvalue weighted by Crippen LogP contribution is -2.31. The van der Waals surface area contributed by atoms with E-state index >= 15 is 0 Å². The summed E-state index contributed by atoms with van der Waals surface area (Å²) < 4.78 is 0. The van der Waals surface area contributed by atoms with Crippen molar-refractivity contribution < 1.29 is 9.90 Å². The first-order valence-electron chi connectivity index (χ1n) is 9.51. The molecule has 0 fully saturated rings. The Kier molecular flexibility index (Phi) is 5.64. The van der Waals surface area contributed by atoms with E-state index < -0.39 is 5.97 Å². The molecule has 4 heteroatoms. The minimum Gasteiger partial charge on any atom is -0.480 e. The maximum absolute atomic E-state index is 10.9. The van der Waals surface area contributed by atoms with Crippen LogP contribution in [0.2, 0.25) is 5.02 Å². The SMILES string of the molecule is CN(CCCC1(c2ccc(Cl)cc2)CC(C)(C)c2ccccc21)CC(=O)O. The third-order valence-electron chi connectivity index (χ3n) is 5.86. The summed E-state index contributed by atoms with van der Waals surface area (Å²) in [7, 11) is 1.87. The Morgan fingerprint density at radius 1 is 1.11 bits per heavy atom. The van der Waals surface area contributed by atoms with Gasteiger partial charge >= 0.3 is 5.97 Å². The van der Waals surface area contributed by atoms with Gasteiger partial charge < -0.3 is 5.11 Å². The van der Waals surface area contributed by atoms with Crippen molar-refractivity contribution in [2.24, 2.45) is 0 Å². The van der Waals surface area contributed by atoms with Crippen LogP contribution in [-0.2, 0) is 15.6 Å². The summed E-state index contributed by atoms with van der Waals surface area (Å²) in [6.07, 6.45) is 2.97. The maximum Gasteiger partial charge on any atom is 0.317 e. The van der Waals surface area contributed by atoms with Crippen LogP contribution >= 0.6 is 11.6 Å². The molecule has 1 atom stereocenters. The lowest BCUT2D eigenvalue weighted by Gasteiger charge is -2.34. The average Bonchev–Trinajstić information content (AvgIpc) is 2.83. The van der Waals surface area contributed by atoms with Gasteiger partial charge in [0.15, 0.2) is 0 Å². The molecule has 2 aromatic rings. The Morgan fingerprint density at radius 3 is 2.37 bits per heavy atom. The maximum atomic E-state index is 10.9.